The number of hydrogen-bond acceptors (Lipinski definition) is 3. The quantitative estimate of drug-likeness (QED) is 0.594. The van der Waals surface area contributed by atoms with E-state index in [0.717, 1.165) is 9.87 Å². The third-order valence-electron chi connectivity index (χ3n) is 2.05. The number of hydrogen-bond donors (Lipinski definition) is 1. The Labute approximate surface area is 102 Å². The topological polar surface area (TPSA) is 61.8 Å². The lowest BCUT2D eigenvalue weighted by Gasteiger charge is -2.10. The number of benzene rings is 1. The van der Waals surface area contributed by atoms with E-state index in [-0.39, 0.29) is 0 Å². The molecule has 0 heterocycles. The summed E-state index contributed by atoms with van der Waals surface area (Å²) in [7, 11) is -0.370. The molecule has 0 unspecified atom stereocenters. The minimum absolute atomic E-state index is 0.295. The van der Waals surface area contributed by atoms with Crippen molar-refractivity contribution in [2.75, 3.05) is 27.2 Å². The Morgan fingerprint density at radius 1 is 1.29 bits per heavy atom. The van der Waals surface area contributed by atoms with Gasteiger partial charge in [-0.1, -0.05) is 30.3 Å². The highest BCUT2D eigenvalue weighted by Crippen LogP contribution is 1.93. The lowest BCUT2D eigenvalue weighted by Crippen LogP contribution is -2.36. The van der Waals surface area contributed by atoms with Crippen LogP contribution in [0.3, 0.4) is 0 Å². The fourth-order valence-corrected chi connectivity index (χ4v) is 1.68. The molecule has 6 heteroatoms. The zero-order valence-corrected chi connectivity index (χ0v) is 10.8. The van der Waals surface area contributed by atoms with Crippen LogP contribution >= 0.6 is 0 Å². The SMILES string of the molecule is CN(C)S(=O)(=O)NCCN=Cc1ccccc1. The maximum atomic E-state index is 11.3. The number of rotatable bonds is 6. The zero-order chi connectivity index (χ0) is 12.7. The fourth-order valence-electron chi connectivity index (χ4n) is 1.08. The van der Waals surface area contributed by atoms with Crippen molar-refractivity contribution in [3.05, 3.63) is 35.9 Å². The molecule has 0 aromatic heterocycles. The first-order chi connectivity index (χ1) is 8.02. The number of aliphatic imine (C=N–C) groups is 1. The maximum Gasteiger partial charge on any atom is 0.278 e. The van der Waals surface area contributed by atoms with E-state index in [1.807, 2.05) is 30.3 Å². The van der Waals surface area contributed by atoms with Crippen LogP contribution in [0.4, 0.5) is 0 Å². The summed E-state index contributed by atoms with van der Waals surface area (Å²) in [5.41, 5.74) is 1.00. The third-order valence-corrected chi connectivity index (χ3v) is 3.58. The Morgan fingerprint density at radius 3 is 2.53 bits per heavy atom. The van der Waals surface area contributed by atoms with E-state index >= 15 is 0 Å². The second kappa shape index (κ2) is 6.48. The Hall–Kier alpha value is -1.24. The van der Waals surface area contributed by atoms with Gasteiger partial charge in [0, 0.05) is 26.9 Å². The summed E-state index contributed by atoms with van der Waals surface area (Å²) in [4.78, 5) is 4.13. The lowest BCUT2D eigenvalue weighted by molar-refractivity contribution is 0.506. The van der Waals surface area contributed by atoms with Crippen LogP contribution < -0.4 is 4.72 Å². The average Bonchev–Trinajstić information content (AvgIpc) is 2.29. The third kappa shape index (κ3) is 5.08. The predicted octanol–water partition coefficient (Wildman–Crippen LogP) is 0.502. The molecular formula is C11H17N3O2S. The van der Waals surface area contributed by atoms with Gasteiger partial charge in [-0.05, 0) is 5.56 Å². The van der Waals surface area contributed by atoms with Crippen molar-refractivity contribution in [3.8, 4) is 0 Å². The molecule has 0 saturated heterocycles. The summed E-state index contributed by atoms with van der Waals surface area (Å²) in [5, 5.41) is 0. The molecule has 1 aromatic carbocycles. The second-order valence-electron chi connectivity index (χ2n) is 3.63. The lowest BCUT2D eigenvalue weighted by atomic mass is 10.2. The van der Waals surface area contributed by atoms with Crippen molar-refractivity contribution in [1.82, 2.24) is 9.03 Å². The molecule has 17 heavy (non-hydrogen) atoms. The molecule has 0 aliphatic rings. The van der Waals surface area contributed by atoms with Gasteiger partial charge >= 0.3 is 0 Å². The van der Waals surface area contributed by atoms with Crippen LogP contribution in [-0.2, 0) is 10.2 Å². The van der Waals surface area contributed by atoms with Gasteiger partial charge in [-0.3, -0.25) is 4.99 Å². The van der Waals surface area contributed by atoms with E-state index in [0.29, 0.717) is 13.1 Å². The van der Waals surface area contributed by atoms with Gasteiger partial charge in [0.1, 0.15) is 0 Å². The van der Waals surface area contributed by atoms with Gasteiger partial charge < -0.3 is 0 Å². The van der Waals surface area contributed by atoms with E-state index in [1.165, 1.54) is 14.1 Å². The fraction of sp³-hybridized carbons (Fsp3) is 0.364. The smallest absolute Gasteiger partial charge is 0.278 e. The van der Waals surface area contributed by atoms with Crippen LogP contribution in [0.5, 0.6) is 0 Å². The first kappa shape index (κ1) is 13.8. The molecule has 5 nitrogen and oxygen atoms in total. The van der Waals surface area contributed by atoms with Crippen LogP contribution in [0, 0.1) is 0 Å². The van der Waals surface area contributed by atoms with Crippen LogP contribution in [0.2, 0.25) is 0 Å². The monoisotopic (exact) mass is 255 g/mol. The summed E-state index contributed by atoms with van der Waals surface area (Å²) < 4.78 is 26.2. The minimum atomic E-state index is -3.33. The van der Waals surface area contributed by atoms with Crippen LogP contribution in [0.1, 0.15) is 5.56 Å². The summed E-state index contributed by atoms with van der Waals surface area (Å²) in [6, 6.07) is 9.66. The molecule has 0 amide bonds. The largest absolute Gasteiger partial charge is 0.291 e. The number of nitrogens with zero attached hydrogens (tertiary/aromatic N) is 2. The van der Waals surface area contributed by atoms with Crippen molar-refractivity contribution in [2.24, 2.45) is 4.99 Å². The minimum Gasteiger partial charge on any atom is -0.291 e. The van der Waals surface area contributed by atoms with Gasteiger partial charge in [-0.2, -0.15) is 12.7 Å². The van der Waals surface area contributed by atoms with Gasteiger partial charge in [0.2, 0.25) is 0 Å². The van der Waals surface area contributed by atoms with Gasteiger partial charge in [0.25, 0.3) is 10.2 Å². The van der Waals surface area contributed by atoms with Gasteiger partial charge in [0.15, 0.2) is 0 Å². The average molecular weight is 255 g/mol. The van der Waals surface area contributed by atoms with E-state index in [2.05, 4.69) is 9.71 Å². The van der Waals surface area contributed by atoms with Crippen molar-refractivity contribution >= 4 is 16.4 Å². The Kier molecular flexibility index (Phi) is 5.27. The normalized spacial score (nSPS) is 12.4. The molecule has 1 aromatic rings. The Balaban J connectivity index is 2.32. The van der Waals surface area contributed by atoms with Gasteiger partial charge in [-0.15, -0.1) is 0 Å². The predicted molar refractivity (Wildman–Crippen MR) is 69.5 cm³/mol. The Bertz CT molecular complexity index is 455. The molecule has 0 aliphatic carbocycles. The molecule has 0 atom stereocenters. The molecule has 0 spiro atoms. The molecule has 0 aliphatic heterocycles. The summed E-state index contributed by atoms with van der Waals surface area (Å²) in [6.07, 6.45) is 1.73. The summed E-state index contributed by atoms with van der Waals surface area (Å²) in [5.74, 6) is 0. The van der Waals surface area contributed by atoms with Crippen molar-refractivity contribution < 1.29 is 8.42 Å². The summed E-state index contributed by atoms with van der Waals surface area (Å²) in [6.45, 7) is 0.714. The van der Waals surface area contributed by atoms with Crippen molar-refractivity contribution in [1.29, 1.82) is 0 Å². The molecule has 94 valence electrons. The van der Waals surface area contributed by atoms with E-state index in [4.69, 9.17) is 0 Å². The number of nitrogens with one attached hydrogen (secondary N) is 1. The zero-order valence-electron chi connectivity index (χ0n) is 10.00. The van der Waals surface area contributed by atoms with Gasteiger partial charge in [0.05, 0.1) is 6.54 Å². The first-order valence-corrected chi connectivity index (χ1v) is 6.68. The van der Waals surface area contributed by atoms with E-state index in [9.17, 15) is 8.42 Å². The first-order valence-electron chi connectivity index (χ1n) is 5.24. The Morgan fingerprint density at radius 2 is 1.94 bits per heavy atom. The molecule has 0 fully saturated rings. The summed E-state index contributed by atoms with van der Waals surface area (Å²) >= 11 is 0. The highest BCUT2D eigenvalue weighted by molar-refractivity contribution is 7.87. The highest BCUT2D eigenvalue weighted by atomic mass is 32.2. The van der Waals surface area contributed by atoms with Gasteiger partial charge in [-0.25, -0.2) is 4.72 Å². The molecule has 0 radical (unpaired) electrons. The molecule has 0 saturated carbocycles. The van der Waals surface area contributed by atoms with Crippen LogP contribution in [0.25, 0.3) is 0 Å². The van der Waals surface area contributed by atoms with E-state index < -0.39 is 10.2 Å². The molecule has 0 bridgehead atoms. The van der Waals surface area contributed by atoms with Crippen molar-refractivity contribution in [2.45, 2.75) is 0 Å². The van der Waals surface area contributed by atoms with Crippen LogP contribution in [-0.4, -0.2) is 46.1 Å². The van der Waals surface area contributed by atoms with Crippen molar-refractivity contribution in [3.63, 3.8) is 0 Å². The van der Waals surface area contributed by atoms with Crippen LogP contribution in [0.15, 0.2) is 35.3 Å². The molecular weight excluding hydrogens is 238 g/mol. The highest BCUT2D eigenvalue weighted by Gasteiger charge is 2.10. The maximum absolute atomic E-state index is 11.3. The molecule has 1 rings (SSSR count). The molecule has 1 N–H and O–H groups in total. The van der Waals surface area contributed by atoms with E-state index in [1.54, 1.807) is 6.21 Å². The standard InChI is InChI=1S/C11H17N3O2S/c1-14(2)17(15,16)13-9-8-12-10-11-6-4-3-5-7-11/h3-7,10,13H,8-9H2,1-2H3. The second-order valence-corrected chi connectivity index (χ2v) is 5.60.